The lowest BCUT2D eigenvalue weighted by Gasteiger charge is -2.04. The molecule has 1 rings (SSSR count). The number of halogens is 1. The van der Waals surface area contributed by atoms with Gasteiger partial charge in [-0.3, -0.25) is 0 Å². The van der Waals surface area contributed by atoms with Gasteiger partial charge in [-0.05, 0) is 18.6 Å². The molecule has 0 aliphatic carbocycles. The minimum atomic E-state index is 0.0599. The van der Waals surface area contributed by atoms with Crippen LogP contribution in [0.1, 0.15) is 4.88 Å². The zero-order valence-electron chi connectivity index (χ0n) is 6.09. The molecule has 0 amide bonds. The zero-order chi connectivity index (χ0) is 8.27. The van der Waals surface area contributed by atoms with Crippen LogP contribution in [0.15, 0.2) is 12.1 Å². The van der Waals surface area contributed by atoms with Crippen molar-refractivity contribution in [3.63, 3.8) is 0 Å². The molecule has 2 nitrogen and oxygen atoms in total. The Morgan fingerprint density at radius 3 is 2.73 bits per heavy atom. The van der Waals surface area contributed by atoms with E-state index in [0.717, 1.165) is 10.8 Å². The van der Waals surface area contributed by atoms with E-state index >= 15 is 0 Å². The first-order valence-corrected chi connectivity index (χ1v) is 4.61. The van der Waals surface area contributed by atoms with Gasteiger partial charge in [-0.15, -0.1) is 11.3 Å². The maximum absolute atomic E-state index is 5.73. The highest BCUT2D eigenvalue weighted by atomic mass is 35.5. The molecule has 1 heterocycles. The molecule has 0 aromatic carbocycles. The lowest BCUT2D eigenvalue weighted by Crippen LogP contribution is -2.31. The highest BCUT2D eigenvalue weighted by molar-refractivity contribution is 7.16. The molecule has 0 saturated heterocycles. The van der Waals surface area contributed by atoms with E-state index in [0.29, 0.717) is 6.54 Å². The standard InChI is InChI=1S/C7H11ClN2S/c8-7-2-1-6(11-7)3-5(10)4-9/h1-2,5H,3-4,9-10H2. The molecule has 0 radical (unpaired) electrons. The van der Waals surface area contributed by atoms with Gasteiger partial charge in [0.1, 0.15) is 0 Å². The van der Waals surface area contributed by atoms with Crippen molar-refractivity contribution in [2.45, 2.75) is 12.5 Å². The second kappa shape index (κ2) is 4.07. The van der Waals surface area contributed by atoms with Crippen molar-refractivity contribution >= 4 is 22.9 Å². The summed E-state index contributed by atoms with van der Waals surface area (Å²) in [4.78, 5) is 1.20. The minimum Gasteiger partial charge on any atom is -0.329 e. The van der Waals surface area contributed by atoms with Gasteiger partial charge >= 0.3 is 0 Å². The van der Waals surface area contributed by atoms with Crippen molar-refractivity contribution in [2.75, 3.05) is 6.54 Å². The fourth-order valence-electron chi connectivity index (χ4n) is 0.803. The quantitative estimate of drug-likeness (QED) is 0.754. The zero-order valence-corrected chi connectivity index (χ0v) is 7.66. The first-order valence-electron chi connectivity index (χ1n) is 3.42. The van der Waals surface area contributed by atoms with E-state index in [4.69, 9.17) is 23.1 Å². The van der Waals surface area contributed by atoms with Crippen LogP contribution in [0.2, 0.25) is 4.34 Å². The summed E-state index contributed by atoms with van der Waals surface area (Å²) in [5.41, 5.74) is 11.0. The van der Waals surface area contributed by atoms with E-state index in [1.807, 2.05) is 12.1 Å². The molecule has 0 aliphatic rings. The van der Waals surface area contributed by atoms with Crippen molar-refractivity contribution in [1.29, 1.82) is 0 Å². The molecule has 0 bridgehead atoms. The fraction of sp³-hybridized carbons (Fsp3) is 0.429. The van der Waals surface area contributed by atoms with Gasteiger partial charge in [0.2, 0.25) is 0 Å². The van der Waals surface area contributed by atoms with Crippen LogP contribution in [0, 0.1) is 0 Å². The number of thiophene rings is 1. The maximum Gasteiger partial charge on any atom is 0.0931 e. The van der Waals surface area contributed by atoms with Crippen LogP contribution in [0.25, 0.3) is 0 Å². The Labute approximate surface area is 75.1 Å². The molecule has 11 heavy (non-hydrogen) atoms. The molecule has 62 valence electrons. The van der Waals surface area contributed by atoms with E-state index in [-0.39, 0.29) is 6.04 Å². The van der Waals surface area contributed by atoms with Crippen molar-refractivity contribution < 1.29 is 0 Å². The van der Waals surface area contributed by atoms with E-state index in [2.05, 4.69) is 0 Å². The Kier molecular flexibility index (Phi) is 3.33. The van der Waals surface area contributed by atoms with E-state index in [9.17, 15) is 0 Å². The van der Waals surface area contributed by atoms with Crippen molar-refractivity contribution in [3.05, 3.63) is 21.3 Å². The summed E-state index contributed by atoms with van der Waals surface area (Å²) in [6.07, 6.45) is 0.827. The van der Waals surface area contributed by atoms with Crippen LogP contribution in [0.3, 0.4) is 0 Å². The number of hydrogen-bond donors (Lipinski definition) is 2. The van der Waals surface area contributed by atoms with Crippen LogP contribution < -0.4 is 11.5 Å². The van der Waals surface area contributed by atoms with Gasteiger partial charge in [0.15, 0.2) is 0 Å². The molecule has 1 atom stereocenters. The molecular formula is C7H11ClN2S. The second-order valence-electron chi connectivity index (χ2n) is 2.41. The smallest absolute Gasteiger partial charge is 0.0931 e. The van der Waals surface area contributed by atoms with Gasteiger partial charge in [-0.25, -0.2) is 0 Å². The van der Waals surface area contributed by atoms with Crippen LogP contribution >= 0.6 is 22.9 Å². The molecule has 0 aliphatic heterocycles. The first kappa shape index (κ1) is 9.00. The number of nitrogens with two attached hydrogens (primary N) is 2. The van der Waals surface area contributed by atoms with Crippen LogP contribution in [0.4, 0.5) is 0 Å². The normalized spacial score (nSPS) is 13.4. The molecule has 1 aromatic heterocycles. The summed E-state index contributed by atoms with van der Waals surface area (Å²) in [6.45, 7) is 0.523. The minimum absolute atomic E-state index is 0.0599. The Hall–Kier alpha value is -0.0900. The largest absolute Gasteiger partial charge is 0.329 e. The Morgan fingerprint density at radius 2 is 2.27 bits per heavy atom. The maximum atomic E-state index is 5.73. The Bertz CT molecular complexity index is 224. The van der Waals surface area contributed by atoms with Crippen molar-refractivity contribution in [2.24, 2.45) is 11.5 Å². The van der Waals surface area contributed by atoms with E-state index in [1.54, 1.807) is 11.3 Å². The first-order chi connectivity index (χ1) is 5.22. The van der Waals surface area contributed by atoms with Gasteiger partial charge in [-0.2, -0.15) is 0 Å². The lowest BCUT2D eigenvalue weighted by atomic mass is 10.2. The van der Waals surface area contributed by atoms with Gasteiger partial charge in [0.05, 0.1) is 4.34 Å². The third-order valence-corrected chi connectivity index (χ3v) is 2.65. The average molecular weight is 191 g/mol. The van der Waals surface area contributed by atoms with Crippen LogP contribution in [-0.4, -0.2) is 12.6 Å². The molecule has 1 aromatic rings. The summed E-state index contributed by atoms with van der Waals surface area (Å²) in [7, 11) is 0. The fourth-order valence-corrected chi connectivity index (χ4v) is 1.98. The van der Waals surface area contributed by atoms with Gasteiger partial charge in [-0.1, -0.05) is 11.6 Å². The van der Waals surface area contributed by atoms with Crippen molar-refractivity contribution in [3.8, 4) is 0 Å². The highest BCUT2D eigenvalue weighted by Crippen LogP contribution is 2.21. The number of rotatable bonds is 3. The summed E-state index contributed by atoms with van der Waals surface area (Å²) in [5.74, 6) is 0. The molecule has 4 heteroatoms. The van der Waals surface area contributed by atoms with Gasteiger partial charge in [0, 0.05) is 17.5 Å². The molecular weight excluding hydrogens is 180 g/mol. The predicted molar refractivity (Wildman–Crippen MR) is 50.1 cm³/mol. The number of hydrogen-bond acceptors (Lipinski definition) is 3. The second-order valence-corrected chi connectivity index (χ2v) is 4.21. The molecule has 1 unspecified atom stereocenters. The molecule has 0 fully saturated rings. The summed E-state index contributed by atoms with van der Waals surface area (Å²) < 4.78 is 0.809. The van der Waals surface area contributed by atoms with Gasteiger partial charge in [0.25, 0.3) is 0 Å². The molecule has 4 N–H and O–H groups in total. The predicted octanol–water partition coefficient (Wildman–Crippen LogP) is 1.23. The summed E-state index contributed by atoms with van der Waals surface area (Å²) in [6, 6.07) is 3.93. The summed E-state index contributed by atoms with van der Waals surface area (Å²) >= 11 is 7.29. The van der Waals surface area contributed by atoms with Gasteiger partial charge < -0.3 is 11.5 Å². The monoisotopic (exact) mass is 190 g/mol. The van der Waals surface area contributed by atoms with Crippen molar-refractivity contribution in [1.82, 2.24) is 0 Å². The Balaban J connectivity index is 2.50. The van der Waals surface area contributed by atoms with E-state index < -0.39 is 0 Å². The van der Waals surface area contributed by atoms with Crippen LogP contribution in [-0.2, 0) is 6.42 Å². The van der Waals surface area contributed by atoms with E-state index in [1.165, 1.54) is 4.88 Å². The average Bonchev–Trinajstić information content (AvgIpc) is 2.35. The third-order valence-electron chi connectivity index (χ3n) is 1.39. The SMILES string of the molecule is NCC(N)Cc1ccc(Cl)s1. The topological polar surface area (TPSA) is 52.0 Å². The Morgan fingerprint density at radius 1 is 1.55 bits per heavy atom. The lowest BCUT2D eigenvalue weighted by molar-refractivity contribution is 0.685. The third kappa shape index (κ3) is 2.79. The molecule has 0 saturated carbocycles. The summed E-state index contributed by atoms with van der Waals surface area (Å²) in [5, 5.41) is 0. The van der Waals surface area contributed by atoms with Crippen LogP contribution in [0.5, 0.6) is 0 Å². The molecule has 0 spiro atoms. The highest BCUT2D eigenvalue weighted by Gasteiger charge is 2.03.